The molecular formula is C19H23FN2O2S. The maximum Gasteiger partial charge on any atom is 0.237 e. The highest BCUT2D eigenvalue weighted by Gasteiger charge is 2.32. The van der Waals surface area contributed by atoms with Crippen molar-refractivity contribution in [2.75, 3.05) is 33.4 Å². The number of carbonyl (C=O) groups excluding carboxylic acids is 1. The van der Waals surface area contributed by atoms with Gasteiger partial charge >= 0.3 is 0 Å². The van der Waals surface area contributed by atoms with Crippen LogP contribution in [0.2, 0.25) is 0 Å². The van der Waals surface area contributed by atoms with E-state index in [9.17, 15) is 9.18 Å². The van der Waals surface area contributed by atoms with Gasteiger partial charge in [-0.2, -0.15) is 0 Å². The summed E-state index contributed by atoms with van der Waals surface area (Å²) in [7, 11) is 1.67. The van der Waals surface area contributed by atoms with Crippen LogP contribution in [0.4, 0.5) is 4.39 Å². The van der Waals surface area contributed by atoms with Crippen molar-refractivity contribution in [3.05, 3.63) is 57.5 Å². The predicted molar refractivity (Wildman–Crippen MR) is 97.3 cm³/mol. The number of carbonyl (C=O) groups is 1. The van der Waals surface area contributed by atoms with Gasteiger partial charge in [0.2, 0.25) is 5.91 Å². The summed E-state index contributed by atoms with van der Waals surface area (Å²) in [4.78, 5) is 16.0. The maximum atomic E-state index is 13.3. The van der Waals surface area contributed by atoms with Crippen LogP contribution < -0.4 is 5.32 Å². The second kappa shape index (κ2) is 8.56. The maximum absolute atomic E-state index is 13.3. The molecule has 3 rings (SSSR count). The second-order valence-corrected chi connectivity index (χ2v) is 7.11. The fourth-order valence-electron chi connectivity index (χ4n) is 3.23. The van der Waals surface area contributed by atoms with Crippen LogP contribution in [0.5, 0.6) is 0 Å². The van der Waals surface area contributed by atoms with Gasteiger partial charge in [-0.05, 0) is 54.1 Å². The first-order chi connectivity index (χ1) is 12.2. The Balaban J connectivity index is 1.75. The molecule has 1 aliphatic rings. The highest BCUT2D eigenvalue weighted by atomic mass is 32.1. The average molecular weight is 362 g/mol. The number of benzene rings is 1. The number of methoxy groups -OCH3 is 1. The van der Waals surface area contributed by atoms with E-state index in [-0.39, 0.29) is 17.8 Å². The van der Waals surface area contributed by atoms with Crippen LogP contribution in [0.25, 0.3) is 0 Å². The Kier molecular flexibility index (Phi) is 6.18. The third-order valence-electron chi connectivity index (χ3n) is 4.45. The predicted octanol–water partition coefficient (Wildman–Crippen LogP) is 2.99. The number of rotatable bonds is 7. The molecule has 0 aliphatic carbocycles. The SMILES string of the molecule is COCCCNCC(=O)N1CCc2sccc2[C@@H]1c1ccc(F)cc1. The van der Waals surface area contributed by atoms with Gasteiger partial charge in [0, 0.05) is 25.1 Å². The van der Waals surface area contributed by atoms with Crippen LogP contribution >= 0.6 is 11.3 Å². The smallest absolute Gasteiger partial charge is 0.237 e. The van der Waals surface area contributed by atoms with Gasteiger partial charge in [0.1, 0.15) is 5.82 Å². The van der Waals surface area contributed by atoms with Crippen molar-refractivity contribution in [3.8, 4) is 0 Å². The first-order valence-corrected chi connectivity index (χ1v) is 9.39. The minimum absolute atomic E-state index is 0.0728. The van der Waals surface area contributed by atoms with Gasteiger partial charge in [-0.1, -0.05) is 12.1 Å². The quantitative estimate of drug-likeness (QED) is 0.770. The number of nitrogens with one attached hydrogen (secondary N) is 1. The van der Waals surface area contributed by atoms with Crippen LogP contribution in [0.15, 0.2) is 35.7 Å². The van der Waals surface area contributed by atoms with Gasteiger partial charge < -0.3 is 15.0 Å². The van der Waals surface area contributed by atoms with E-state index in [0.717, 1.165) is 30.5 Å². The van der Waals surface area contributed by atoms with E-state index in [1.54, 1.807) is 30.6 Å². The number of amides is 1. The molecule has 134 valence electrons. The zero-order chi connectivity index (χ0) is 17.6. The number of halogens is 1. The van der Waals surface area contributed by atoms with E-state index >= 15 is 0 Å². The van der Waals surface area contributed by atoms with Crippen molar-refractivity contribution in [2.45, 2.75) is 18.9 Å². The lowest BCUT2D eigenvalue weighted by Gasteiger charge is -2.36. The van der Waals surface area contributed by atoms with Crippen molar-refractivity contribution < 1.29 is 13.9 Å². The molecule has 1 aromatic carbocycles. The van der Waals surface area contributed by atoms with E-state index in [1.165, 1.54) is 17.0 Å². The largest absolute Gasteiger partial charge is 0.385 e. The molecule has 2 heterocycles. The molecule has 1 N–H and O–H groups in total. The molecule has 4 nitrogen and oxygen atoms in total. The first kappa shape index (κ1) is 18.0. The minimum Gasteiger partial charge on any atom is -0.385 e. The topological polar surface area (TPSA) is 41.6 Å². The Bertz CT molecular complexity index is 702. The standard InChI is InChI=1S/C19H23FN2O2S/c1-24-11-2-9-21-13-18(23)22-10-7-17-16(8-12-25-17)19(22)14-3-5-15(20)6-4-14/h3-6,8,12,19,21H,2,7,9-11,13H2,1H3/t19-/m0/s1. The lowest BCUT2D eigenvalue weighted by molar-refractivity contribution is -0.132. The summed E-state index contributed by atoms with van der Waals surface area (Å²) in [5, 5.41) is 5.26. The summed E-state index contributed by atoms with van der Waals surface area (Å²) in [6.45, 7) is 2.43. The summed E-state index contributed by atoms with van der Waals surface area (Å²) in [6.07, 6.45) is 1.75. The van der Waals surface area contributed by atoms with E-state index in [0.29, 0.717) is 19.7 Å². The van der Waals surface area contributed by atoms with Gasteiger partial charge in [-0.25, -0.2) is 4.39 Å². The third kappa shape index (κ3) is 4.26. The van der Waals surface area contributed by atoms with Crippen molar-refractivity contribution in [1.82, 2.24) is 10.2 Å². The molecule has 0 saturated heterocycles. The van der Waals surface area contributed by atoms with E-state index in [2.05, 4.69) is 16.8 Å². The normalized spacial score (nSPS) is 16.7. The lowest BCUT2D eigenvalue weighted by Crippen LogP contribution is -2.44. The Hall–Kier alpha value is -1.76. The molecule has 1 aromatic heterocycles. The van der Waals surface area contributed by atoms with Gasteiger partial charge in [-0.3, -0.25) is 4.79 Å². The average Bonchev–Trinajstić information content (AvgIpc) is 3.10. The summed E-state index contributed by atoms with van der Waals surface area (Å²) in [6, 6.07) is 8.42. The summed E-state index contributed by atoms with van der Waals surface area (Å²) in [5.74, 6) is -0.189. The first-order valence-electron chi connectivity index (χ1n) is 8.51. The number of fused-ring (bicyclic) bond motifs is 1. The molecule has 0 radical (unpaired) electrons. The molecule has 2 aromatic rings. The molecule has 0 unspecified atom stereocenters. The molecule has 25 heavy (non-hydrogen) atoms. The van der Waals surface area contributed by atoms with Crippen molar-refractivity contribution in [1.29, 1.82) is 0 Å². The van der Waals surface area contributed by atoms with E-state index in [4.69, 9.17) is 4.74 Å². The molecular weight excluding hydrogens is 339 g/mol. The zero-order valence-electron chi connectivity index (χ0n) is 14.3. The van der Waals surface area contributed by atoms with Gasteiger partial charge in [-0.15, -0.1) is 11.3 Å². The van der Waals surface area contributed by atoms with Crippen molar-refractivity contribution in [2.24, 2.45) is 0 Å². The number of nitrogens with zero attached hydrogens (tertiary/aromatic N) is 1. The van der Waals surface area contributed by atoms with Crippen LogP contribution in [-0.2, 0) is 16.0 Å². The lowest BCUT2D eigenvalue weighted by atomic mass is 9.93. The zero-order valence-corrected chi connectivity index (χ0v) is 15.2. The second-order valence-electron chi connectivity index (χ2n) is 6.11. The molecule has 1 atom stereocenters. The fraction of sp³-hybridized carbons (Fsp3) is 0.421. The van der Waals surface area contributed by atoms with Gasteiger partial charge in [0.15, 0.2) is 0 Å². The molecule has 0 spiro atoms. The fourth-order valence-corrected chi connectivity index (χ4v) is 4.13. The molecule has 6 heteroatoms. The van der Waals surface area contributed by atoms with Crippen LogP contribution in [0.3, 0.4) is 0 Å². The van der Waals surface area contributed by atoms with Gasteiger partial charge in [0.25, 0.3) is 0 Å². The van der Waals surface area contributed by atoms with E-state index in [1.807, 2.05) is 4.90 Å². The van der Waals surface area contributed by atoms with Crippen molar-refractivity contribution in [3.63, 3.8) is 0 Å². The molecule has 0 saturated carbocycles. The summed E-state index contributed by atoms with van der Waals surface area (Å²) < 4.78 is 18.3. The number of thiophene rings is 1. The summed E-state index contributed by atoms with van der Waals surface area (Å²) >= 11 is 1.73. The highest BCUT2D eigenvalue weighted by Crippen LogP contribution is 2.37. The Morgan fingerprint density at radius 2 is 2.16 bits per heavy atom. The minimum atomic E-state index is -0.261. The van der Waals surface area contributed by atoms with Crippen LogP contribution in [-0.4, -0.2) is 44.2 Å². The Labute approximate surface area is 151 Å². The van der Waals surface area contributed by atoms with E-state index < -0.39 is 0 Å². The molecule has 1 amide bonds. The molecule has 0 bridgehead atoms. The van der Waals surface area contributed by atoms with Gasteiger partial charge in [0.05, 0.1) is 12.6 Å². The Morgan fingerprint density at radius 1 is 1.36 bits per heavy atom. The monoisotopic (exact) mass is 362 g/mol. The number of hydrogen-bond donors (Lipinski definition) is 1. The highest BCUT2D eigenvalue weighted by molar-refractivity contribution is 7.10. The van der Waals surface area contributed by atoms with Crippen LogP contribution in [0.1, 0.15) is 28.5 Å². The number of ether oxygens (including phenoxy) is 1. The molecule has 1 aliphatic heterocycles. The summed E-state index contributed by atoms with van der Waals surface area (Å²) in [5.41, 5.74) is 2.11. The third-order valence-corrected chi connectivity index (χ3v) is 5.45. The Morgan fingerprint density at radius 3 is 2.92 bits per heavy atom. The van der Waals surface area contributed by atoms with Crippen LogP contribution in [0, 0.1) is 5.82 Å². The van der Waals surface area contributed by atoms with Crippen molar-refractivity contribution >= 4 is 17.2 Å². The number of hydrogen-bond acceptors (Lipinski definition) is 4. The molecule has 0 fully saturated rings.